The van der Waals surface area contributed by atoms with E-state index in [1.165, 1.54) is 0 Å². The van der Waals surface area contributed by atoms with Crippen LogP contribution < -0.4 is 11.5 Å². The standard InChI is InChI=1S/C7H11N3/c1-5(8)7-4-6(9)2-3-10-7/h2-5H,8H2,1H3,(H2,9,10). The van der Waals surface area contributed by atoms with Crippen molar-refractivity contribution in [2.75, 3.05) is 5.73 Å². The zero-order valence-electron chi connectivity index (χ0n) is 5.91. The maximum atomic E-state index is 5.56. The fraction of sp³-hybridized carbons (Fsp3) is 0.286. The second-order valence-electron chi connectivity index (χ2n) is 2.30. The molecule has 10 heavy (non-hydrogen) atoms. The Balaban J connectivity index is 2.96. The van der Waals surface area contributed by atoms with Crippen LogP contribution in [0.25, 0.3) is 0 Å². The van der Waals surface area contributed by atoms with Crippen molar-refractivity contribution in [3.63, 3.8) is 0 Å². The quantitative estimate of drug-likeness (QED) is 0.598. The maximum Gasteiger partial charge on any atom is 0.0588 e. The molecule has 0 aromatic carbocycles. The summed E-state index contributed by atoms with van der Waals surface area (Å²) in [5.41, 5.74) is 12.6. The third-order valence-electron chi connectivity index (χ3n) is 1.27. The predicted molar refractivity (Wildman–Crippen MR) is 41.3 cm³/mol. The lowest BCUT2D eigenvalue weighted by atomic mass is 10.2. The van der Waals surface area contributed by atoms with Crippen LogP contribution in [0.5, 0.6) is 0 Å². The van der Waals surface area contributed by atoms with E-state index in [1.807, 2.05) is 6.92 Å². The molecule has 0 aliphatic heterocycles. The molecule has 4 N–H and O–H groups in total. The van der Waals surface area contributed by atoms with Crippen LogP contribution in [0.15, 0.2) is 18.3 Å². The number of hydrogen-bond donors (Lipinski definition) is 2. The van der Waals surface area contributed by atoms with Gasteiger partial charge in [-0.25, -0.2) is 0 Å². The van der Waals surface area contributed by atoms with Gasteiger partial charge >= 0.3 is 0 Å². The Morgan fingerprint density at radius 2 is 2.30 bits per heavy atom. The minimum Gasteiger partial charge on any atom is -0.399 e. The van der Waals surface area contributed by atoms with Gasteiger partial charge in [0.15, 0.2) is 0 Å². The Kier molecular flexibility index (Phi) is 1.87. The van der Waals surface area contributed by atoms with Gasteiger partial charge in [-0.2, -0.15) is 0 Å². The number of anilines is 1. The van der Waals surface area contributed by atoms with Gasteiger partial charge in [0, 0.05) is 17.9 Å². The van der Waals surface area contributed by atoms with E-state index in [9.17, 15) is 0 Å². The SMILES string of the molecule is CC(N)c1cc(N)ccn1. The number of aromatic nitrogens is 1. The monoisotopic (exact) mass is 137 g/mol. The van der Waals surface area contributed by atoms with Crippen molar-refractivity contribution in [2.45, 2.75) is 13.0 Å². The molecule has 3 heteroatoms. The van der Waals surface area contributed by atoms with Crippen LogP contribution >= 0.6 is 0 Å². The highest BCUT2D eigenvalue weighted by Gasteiger charge is 1.98. The molecular formula is C7H11N3. The Morgan fingerprint density at radius 3 is 2.70 bits per heavy atom. The van der Waals surface area contributed by atoms with Crippen molar-refractivity contribution >= 4 is 5.69 Å². The van der Waals surface area contributed by atoms with Gasteiger partial charge in [0.25, 0.3) is 0 Å². The lowest BCUT2D eigenvalue weighted by molar-refractivity contribution is 0.782. The van der Waals surface area contributed by atoms with Crippen LogP contribution in [0, 0.1) is 0 Å². The first-order chi connectivity index (χ1) is 4.70. The molecule has 0 amide bonds. The van der Waals surface area contributed by atoms with Gasteiger partial charge < -0.3 is 11.5 Å². The van der Waals surface area contributed by atoms with E-state index >= 15 is 0 Å². The summed E-state index contributed by atoms with van der Waals surface area (Å²) in [4.78, 5) is 4.03. The molecule has 1 aromatic rings. The van der Waals surface area contributed by atoms with Gasteiger partial charge in [-0.05, 0) is 19.1 Å². The average Bonchev–Trinajstić information content (AvgIpc) is 1.88. The molecule has 3 nitrogen and oxygen atoms in total. The summed E-state index contributed by atoms with van der Waals surface area (Å²) in [6.45, 7) is 1.88. The van der Waals surface area contributed by atoms with Crippen LogP contribution in [-0.4, -0.2) is 4.98 Å². The predicted octanol–water partition coefficient (Wildman–Crippen LogP) is 0.684. The first kappa shape index (κ1) is 7.02. The zero-order valence-corrected chi connectivity index (χ0v) is 5.91. The molecule has 0 aliphatic carbocycles. The fourth-order valence-corrected chi connectivity index (χ4v) is 0.715. The second-order valence-corrected chi connectivity index (χ2v) is 2.30. The summed E-state index contributed by atoms with van der Waals surface area (Å²) in [7, 11) is 0. The van der Waals surface area contributed by atoms with Crippen molar-refractivity contribution in [1.29, 1.82) is 0 Å². The molecule has 0 radical (unpaired) electrons. The maximum absolute atomic E-state index is 5.56. The molecule has 1 heterocycles. The lowest BCUT2D eigenvalue weighted by Gasteiger charge is -2.03. The average molecular weight is 137 g/mol. The Bertz CT molecular complexity index is 220. The van der Waals surface area contributed by atoms with Gasteiger partial charge in [-0.1, -0.05) is 0 Å². The van der Waals surface area contributed by atoms with Gasteiger partial charge in [0.2, 0.25) is 0 Å². The molecule has 0 aliphatic rings. The van der Waals surface area contributed by atoms with Crippen LogP contribution in [0.2, 0.25) is 0 Å². The third-order valence-corrected chi connectivity index (χ3v) is 1.27. The van der Waals surface area contributed by atoms with E-state index in [0.717, 1.165) is 5.69 Å². The number of rotatable bonds is 1. The minimum absolute atomic E-state index is 0.0384. The topological polar surface area (TPSA) is 64.9 Å². The van der Waals surface area contributed by atoms with Crippen molar-refractivity contribution in [1.82, 2.24) is 4.98 Å². The first-order valence-electron chi connectivity index (χ1n) is 3.17. The number of hydrogen-bond acceptors (Lipinski definition) is 3. The fourth-order valence-electron chi connectivity index (χ4n) is 0.715. The van der Waals surface area contributed by atoms with E-state index < -0.39 is 0 Å². The lowest BCUT2D eigenvalue weighted by Crippen LogP contribution is -2.07. The molecule has 1 atom stereocenters. The first-order valence-corrected chi connectivity index (χ1v) is 3.17. The van der Waals surface area contributed by atoms with Gasteiger partial charge in [-0.15, -0.1) is 0 Å². The van der Waals surface area contributed by atoms with E-state index in [0.29, 0.717) is 5.69 Å². The molecule has 54 valence electrons. The molecule has 0 spiro atoms. The number of nitrogen functional groups attached to an aromatic ring is 1. The van der Waals surface area contributed by atoms with Crippen LogP contribution in [0.1, 0.15) is 18.7 Å². The summed E-state index contributed by atoms with van der Waals surface area (Å²) >= 11 is 0. The van der Waals surface area contributed by atoms with Crippen molar-refractivity contribution in [3.05, 3.63) is 24.0 Å². The summed E-state index contributed by atoms with van der Waals surface area (Å²) in [6, 6.07) is 3.49. The summed E-state index contributed by atoms with van der Waals surface area (Å²) < 4.78 is 0. The molecule has 1 rings (SSSR count). The molecule has 0 fully saturated rings. The Hall–Kier alpha value is -1.09. The van der Waals surface area contributed by atoms with E-state index in [2.05, 4.69) is 4.98 Å². The number of pyridine rings is 1. The Labute approximate surface area is 60.1 Å². The van der Waals surface area contributed by atoms with Crippen molar-refractivity contribution in [3.8, 4) is 0 Å². The molecule has 0 bridgehead atoms. The highest BCUT2D eigenvalue weighted by molar-refractivity contribution is 5.37. The molecule has 0 saturated heterocycles. The highest BCUT2D eigenvalue weighted by atomic mass is 14.8. The highest BCUT2D eigenvalue weighted by Crippen LogP contribution is 2.08. The number of nitrogens with two attached hydrogens (primary N) is 2. The molecule has 0 saturated carbocycles. The van der Waals surface area contributed by atoms with Crippen LogP contribution in [-0.2, 0) is 0 Å². The van der Waals surface area contributed by atoms with Crippen LogP contribution in [0.3, 0.4) is 0 Å². The van der Waals surface area contributed by atoms with Crippen molar-refractivity contribution in [2.24, 2.45) is 5.73 Å². The molecule has 1 unspecified atom stereocenters. The summed E-state index contributed by atoms with van der Waals surface area (Å²) in [5.74, 6) is 0. The van der Waals surface area contributed by atoms with Gasteiger partial charge in [0.1, 0.15) is 0 Å². The largest absolute Gasteiger partial charge is 0.399 e. The number of nitrogens with zero attached hydrogens (tertiary/aromatic N) is 1. The van der Waals surface area contributed by atoms with E-state index in [-0.39, 0.29) is 6.04 Å². The summed E-state index contributed by atoms with van der Waals surface area (Å²) in [5, 5.41) is 0. The molecular weight excluding hydrogens is 126 g/mol. The smallest absolute Gasteiger partial charge is 0.0588 e. The third kappa shape index (κ3) is 1.45. The van der Waals surface area contributed by atoms with E-state index in [4.69, 9.17) is 11.5 Å². The Morgan fingerprint density at radius 1 is 1.60 bits per heavy atom. The second kappa shape index (κ2) is 2.66. The molecule has 1 aromatic heterocycles. The van der Waals surface area contributed by atoms with Crippen molar-refractivity contribution < 1.29 is 0 Å². The van der Waals surface area contributed by atoms with Crippen LogP contribution in [0.4, 0.5) is 5.69 Å². The normalized spacial score (nSPS) is 13.0. The van der Waals surface area contributed by atoms with Gasteiger partial charge in [-0.3, -0.25) is 4.98 Å². The summed E-state index contributed by atoms with van der Waals surface area (Å²) in [6.07, 6.45) is 1.66. The zero-order chi connectivity index (χ0) is 7.56. The van der Waals surface area contributed by atoms with E-state index in [1.54, 1.807) is 18.3 Å². The van der Waals surface area contributed by atoms with Gasteiger partial charge in [0.05, 0.1) is 5.69 Å². The minimum atomic E-state index is -0.0384.